The van der Waals surface area contributed by atoms with E-state index in [0.717, 1.165) is 23.8 Å². The molecule has 0 saturated heterocycles. The van der Waals surface area contributed by atoms with Gasteiger partial charge in [-0.1, -0.05) is 38.0 Å². The molecule has 1 aromatic heterocycles. The lowest BCUT2D eigenvalue weighted by molar-refractivity contribution is 0.402. The topological polar surface area (TPSA) is 25.2 Å². The fourth-order valence-corrected chi connectivity index (χ4v) is 2.57. The molecule has 1 unspecified atom stereocenters. The summed E-state index contributed by atoms with van der Waals surface area (Å²) in [6.45, 7) is 3.15. The molecule has 18 heavy (non-hydrogen) atoms. The van der Waals surface area contributed by atoms with Gasteiger partial charge in [-0.15, -0.1) is 0 Å². The van der Waals surface area contributed by atoms with Crippen LogP contribution in [-0.2, 0) is 0 Å². The van der Waals surface area contributed by atoms with E-state index in [1.807, 2.05) is 12.1 Å². The molecule has 0 amide bonds. The minimum Gasteiger partial charge on any atom is -0.459 e. The number of fused-ring (bicyclic) bond motifs is 1. The third-order valence-corrected chi connectivity index (χ3v) is 3.80. The molecule has 1 heterocycles. The van der Waals surface area contributed by atoms with E-state index in [4.69, 9.17) is 4.42 Å². The van der Waals surface area contributed by atoms with Gasteiger partial charge in [0, 0.05) is 5.39 Å². The lowest BCUT2D eigenvalue weighted by Gasteiger charge is -2.14. The Morgan fingerprint density at radius 3 is 2.89 bits per heavy atom. The van der Waals surface area contributed by atoms with Crippen LogP contribution in [0.4, 0.5) is 0 Å². The second-order valence-corrected chi connectivity index (χ2v) is 5.32. The standard InChI is InChI=1S/C16H21NO/c1-2-17-14(10-9-12-7-8-12)16-11-13-5-3-4-6-15(13)18-16/h3-6,11-12,14,17H,2,7-10H2,1H3. The van der Waals surface area contributed by atoms with E-state index < -0.39 is 0 Å². The molecule has 1 aliphatic rings. The van der Waals surface area contributed by atoms with E-state index in [1.54, 1.807) is 0 Å². The van der Waals surface area contributed by atoms with Crippen molar-refractivity contribution >= 4 is 11.0 Å². The summed E-state index contributed by atoms with van der Waals surface area (Å²) >= 11 is 0. The van der Waals surface area contributed by atoms with E-state index in [9.17, 15) is 0 Å². The van der Waals surface area contributed by atoms with Crippen molar-refractivity contribution in [3.63, 3.8) is 0 Å². The van der Waals surface area contributed by atoms with Gasteiger partial charge in [-0.25, -0.2) is 0 Å². The maximum atomic E-state index is 5.97. The first kappa shape index (κ1) is 11.8. The average Bonchev–Trinajstić information content (AvgIpc) is 3.11. The van der Waals surface area contributed by atoms with Crippen LogP contribution in [0.3, 0.4) is 0 Å². The fourth-order valence-electron chi connectivity index (χ4n) is 2.57. The zero-order chi connectivity index (χ0) is 12.4. The summed E-state index contributed by atoms with van der Waals surface area (Å²) in [6, 6.07) is 10.8. The Morgan fingerprint density at radius 1 is 1.33 bits per heavy atom. The van der Waals surface area contributed by atoms with Crippen LogP contribution in [0.15, 0.2) is 34.7 Å². The molecule has 96 valence electrons. The third kappa shape index (κ3) is 2.59. The van der Waals surface area contributed by atoms with Gasteiger partial charge >= 0.3 is 0 Å². The van der Waals surface area contributed by atoms with E-state index >= 15 is 0 Å². The molecule has 2 aromatic rings. The average molecular weight is 243 g/mol. The Balaban J connectivity index is 1.78. The monoisotopic (exact) mass is 243 g/mol. The first-order chi connectivity index (χ1) is 8.86. The van der Waals surface area contributed by atoms with Gasteiger partial charge in [-0.05, 0) is 37.4 Å². The molecule has 1 fully saturated rings. The number of nitrogens with one attached hydrogen (secondary N) is 1. The number of benzene rings is 1. The highest BCUT2D eigenvalue weighted by Crippen LogP contribution is 2.36. The van der Waals surface area contributed by atoms with Crippen LogP contribution >= 0.6 is 0 Å². The van der Waals surface area contributed by atoms with Gasteiger partial charge in [0.05, 0.1) is 6.04 Å². The summed E-state index contributed by atoms with van der Waals surface area (Å²) in [5, 5.41) is 4.76. The normalized spacial score (nSPS) is 17.2. The Hall–Kier alpha value is -1.28. The zero-order valence-corrected chi connectivity index (χ0v) is 11.0. The van der Waals surface area contributed by atoms with Crippen molar-refractivity contribution < 1.29 is 4.42 Å². The summed E-state index contributed by atoms with van der Waals surface area (Å²) in [5.74, 6) is 2.08. The Labute approximate surface area is 108 Å². The maximum absolute atomic E-state index is 5.97. The molecular formula is C16H21NO. The highest BCUT2D eigenvalue weighted by molar-refractivity contribution is 5.77. The van der Waals surface area contributed by atoms with Gasteiger partial charge in [-0.3, -0.25) is 0 Å². The maximum Gasteiger partial charge on any atom is 0.134 e. The Kier molecular flexibility index (Phi) is 3.37. The second kappa shape index (κ2) is 5.15. The lowest BCUT2D eigenvalue weighted by atomic mass is 10.1. The molecular weight excluding hydrogens is 222 g/mol. The van der Waals surface area contributed by atoms with Gasteiger partial charge in [-0.2, -0.15) is 0 Å². The molecule has 0 spiro atoms. The molecule has 1 saturated carbocycles. The molecule has 0 radical (unpaired) electrons. The fraction of sp³-hybridized carbons (Fsp3) is 0.500. The van der Waals surface area contributed by atoms with Crippen LogP contribution in [-0.4, -0.2) is 6.54 Å². The van der Waals surface area contributed by atoms with Crippen LogP contribution in [0.5, 0.6) is 0 Å². The van der Waals surface area contributed by atoms with Crippen molar-refractivity contribution in [3.05, 3.63) is 36.1 Å². The number of hydrogen-bond donors (Lipinski definition) is 1. The van der Waals surface area contributed by atoms with Crippen molar-refractivity contribution in [2.45, 2.75) is 38.6 Å². The quantitative estimate of drug-likeness (QED) is 0.819. The van der Waals surface area contributed by atoms with E-state index in [2.05, 4.69) is 30.4 Å². The number of para-hydroxylation sites is 1. The molecule has 2 heteroatoms. The largest absolute Gasteiger partial charge is 0.459 e. The molecule has 0 aliphatic heterocycles. The molecule has 2 nitrogen and oxygen atoms in total. The summed E-state index contributed by atoms with van der Waals surface area (Å²) < 4.78 is 5.97. The smallest absolute Gasteiger partial charge is 0.134 e. The van der Waals surface area contributed by atoms with Crippen LogP contribution in [0, 0.1) is 5.92 Å². The SMILES string of the molecule is CCNC(CCC1CC1)c1cc2ccccc2o1. The summed E-state index contributed by atoms with van der Waals surface area (Å²) in [4.78, 5) is 0. The van der Waals surface area contributed by atoms with Gasteiger partial charge < -0.3 is 9.73 Å². The summed E-state index contributed by atoms with van der Waals surface area (Å²) in [5.41, 5.74) is 1.00. The van der Waals surface area contributed by atoms with E-state index in [1.165, 1.54) is 31.1 Å². The van der Waals surface area contributed by atoms with Crippen LogP contribution in [0.1, 0.15) is 44.4 Å². The number of furan rings is 1. The van der Waals surface area contributed by atoms with Crippen LogP contribution in [0.2, 0.25) is 0 Å². The minimum atomic E-state index is 0.378. The zero-order valence-electron chi connectivity index (χ0n) is 11.0. The predicted molar refractivity (Wildman–Crippen MR) is 74.6 cm³/mol. The van der Waals surface area contributed by atoms with Crippen molar-refractivity contribution in [2.75, 3.05) is 6.54 Å². The number of hydrogen-bond acceptors (Lipinski definition) is 2. The molecule has 1 aliphatic carbocycles. The van der Waals surface area contributed by atoms with Gasteiger partial charge in [0.2, 0.25) is 0 Å². The highest BCUT2D eigenvalue weighted by atomic mass is 16.3. The summed E-state index contributed by atoms with van der Waals surface area (Å²) in [7, 11) is 0. The number of rotatable bonds is 6. The Morgan fingerprint density at radius 2 is 2.17 bits per heavy atom. The molecule has 1 aromatic carbocycles. The third-order valence-electron chi connectivity index (χ3n) is 3.80. The Bertz CT molecular complexity index is 480. The molecule has 0 bridgehead atoms. The van der Waals surface area contributed by atoms with E-state index in [-0.39, 0.29) is 0 Å². The molecule has 1 atom stereocenters. The van der Waals surface area contributed by atoms with Crippen molar-refractivity contribution in [2.24, 2.45) is 5.92 Å². The van der Waals surface area contributed by atoms with Crippen LogP contribution < -0.4 is 5.32 Å². The van der Waals surface area contributed by atoms with Crippen LogP contribution in [0.25, 0.3) is 11.0 Å². The molecule has 3 rings (SSSR count). The predicted octanol–water partition coefficient (Wildman–Crippen LogP) is 4.27. The first-order valence-corrected chi connectivity index (χ1v) is 7.08. The van der Waals surface area contributed by atoms with Crippen molar-refractivity contribution in [1.82, 2.24) is 5.32 Å². The molecule has 1 N–H and O–H groups in total. The summed E-state index contributed by atoms with van der Waals surface area (Å²) in [6.07, 6.45) is 5.38. The van der Waals surface area contributed by atoms with Gasteiger partial charge in [0.15, 0.2) is 0 Å². The second-order valence-electron chi connectivity index (χ2n) is 5.32. The highest BCUT2D eigenvalue weighted by Gasteiger charge is 2.24. The van der Waals surface area contributed by atoms with Gasteiger partial charge in [0.1, 0.15) is 11.3 Å². The minimum absolute atomic E-state index is 0.378. The van der Waals surface area contributed by atoms with Crippen molar-refractivity contribution in [1.29, 1.82) is 0 Å². The van der Waals surface area contributed by atoms with Crippen molar-refractivity contribution in [3.8, 4) is 0 Å². The van der Waals surface area contributed by atoms with E-state index in [0.29, 0.717) is 6.04 Å². The first-order valence-electron chi connectivity index (χ1n) is 7.08. The lowest BCUT2D eigenvalue weighted by Crippen LogP contribution is -2.20. The van der Waals surface area contributed by atoms with Gasteiger partial charge in [0.25, 0.3) is 0 Å².